The number of nitrogens with one attached hydrogen (secondary N) is 2. The maximum Gasteiger partial charge on any atom is 0.257 e. The normalized spacial score (nSPS) is 9.84. The smallest absolute Gasteiger partial charge is 0.257 e. The van der Waals surface area contributed by atoms with Crippen molar-refractivity contribution in [2.45, 2.75) is 0 Å². The van der Waals surface area contributed by atoms with E-state index in [1.54, 1.807) is 24.3 Å². The number of amides is 1. The molecule has 7 nitrogen and oxygen atoms in total. The molecule has 0 aromatic heterocycles. The van der Waals surface area contributed by atoms with Crippen LogP contribution in [-0.2, 0) is 0 Å². The van der Waals surface area contributed by atoms with Crippen molar-refractivity contribution in [1.29, 1.82) is 0 Å². The van der Waals surface area contributed by atoms with Gasteiger partial charge < -0.3 is 24.7 Å². The van der Waals surface area contributed by atoms with Gasteiger partial charge in [0.15, 0.2) is 5.11 Å². The topological polar surface area (TPSA) is 99.7 Å². The van der Waals surface area contributed by atoms with Crippen molar-refractivity contribution in [2.24, 2.45) is 0 Å². The van der Waals surface area contributed by atoms with Gasteiger partial charge >= 0.3 is 0 Å². The number of thiocarbonyl (C=S) groups is 1. The van der Waals surface area contributed by atoms with Gasteiger partial charge in [-0.15, -0.1) is 0 Å². The number of carbonyl (C=O) groups excluding carboxylic acids is 2. The molecule has 0 heterocycles. The molecule has 0 aliphatic rings. The lowest BCUT2D eigenvalue weighted by Gasteiger charge is -2.14. The molecule has 0 atom stereocenters. The van der Waals surface area contributed by atoms with Crippen LogP contribution in [0.2, 0.25) is 0 Å². The molecule has 0 saturated carbocycles. The second-order valence-electron chi connectivity index (χ2n) is 4.84. The summed E-state index contributed by atoms with van der Waals surface area (Å²) < 4.78 is 10.2. The van der Waals surface area contributed by atoms with Crippen LogP contribution in [0, 0.1) is 0 Å². The fourth-order valence-corrected chi connectivity index (χ4v) is 2.23. The Morgan fingerprint density at radius 2 is 1.80 bits per heavy atom. The number of carboxylic acid groups (broad SMARTS) is 1. The third-order valence-electron chi connectivity index (χ3n) is 3.24. The number of carboxylic acids is 1. The first-order valence-electron chi connectivity index (χ1n) is 7.10. The Bertz CT molecular complexity index is 822. The molecule has 130 valence electrons. The molecular weight excluding hydrogens is 344 g/mol. The summed E-state index contributed by atoms with van der Waals surface area (Å²) >= 11 is 5.10. The lowest BCUT2D eigenvalue weighted by Crippen LogP contribution is -2.34. The van der Waals surface area contributed by atoms with Crippen molar-refractivity contribution in [3.05, 3.63) is 53.6 Å². The van der Waals surface area contributed by atoms with Gasteiger partial charge in [-0.25, -0.2) is 0 Å². The number of aromatic carboxylic acids is 1. The maximum atomic E-state index is 12.2. The number of carbonyl (C=O) groups is 2. The molecule has 0 aliphatic heterocycles. The Hall–Kier alpha value is -3.13. The molecule has 0 bridgehead atoms. The summed E-state index contributed by atoms with van der Waals surface area (Å²) in [6, 6.07) is 10.7. The standard InChI is InChI=1S/C17H16N2O5S/c1-23-12-5-3-4-10(8-12)15(20)19-17(25)18-13-9-11(16(21)22)6-7-14(13)24-2/h3-9H,1-2H3,(H,21,22)(H2,18,19,20,25)/p-1. The summed E-state index contributed by atoms with van der Waals surface area (Å²) in [5.41, 5.74) is 0.601. The van der Waals surface area contributed by atoms with Gasteiger partial charge in [-0.3, -0.25) is 10.1 Å². The lowest BCUT2D eigenvalue weighted by atomic mass is 10.2. The largest absolute Gasteiger partial charge is 0.545 e. The molecule has 0 unspecified atom stereocenters. The molecule has 2 aromatic rings. The maximum absolute atomic E-state index is 12.2. The summed E-state index contributed by atoms with van der Waals surface area (Å²) in [5.74, 6) is -0.874. The predicted molar refractivity (Wildman–Crippen MR) is 94.0 cm³/mol. The summed E-state index contributed by atoms with van der Waals surface area (Å²) in [4.78, 5) is 23.2. The van der Waals surface area contributed by atoms with Gasteiger partial charge in [0, 0.05) is 5.56 Å². The Morgan fingerprint density at radius 3 is 2.44 bits per heavy atom. The van der Waals surface area contributed by atoms with Crippen molar-refractivity contribution < 1.29 is 24.2 Å². The number of methoxy groups -OCH3 is 2. The first-order chi connectivity index (χ1) is 11.9. The average Bonchev–Trinajstić information content (AvgIpc) is 2.61. The van der Waals surface area contributed by atoms with Crippen LogP contribution in [-0.4, -0.2) is 31.2 Å². The Labute approximate surface area is 149 Å². The Morgan fingerprint density at radius 1 is 1.04 bits per heavy atom. The highest BCUT2D eigenvalue weighted by Crippen LogP contribution is 2.25. The molecule has 2 rings (SSSR count). The van der Waals surface area contributed by atoms with Crippen molar-refractivity contribution in [3.63, 3.8) is 0 Å². The molecule has 25 heavy (non-hydrogen) atoms. The van der Waals surface area contributed by atoms with Crippen LogP contribution in [0.15, 0.2) is 42.5 Å². The fraction of sp³-hybridized carbons (Fsp3) is 0.118. The molecule has 1 amide bonds. The van der Waals surface area contributed by atoms with Gasteiger partial charge in [0.1, 0.15) is 11.5 Å². The number of anilines is 1. The Kier molecular flexibility index (Phi) is 5.91. The molecule has 2 N–H and O–H groups in total. The zero-order chi connectivity index (χ0) is 18.4. The first kappa shape index (κ1) is 18.2. The van der Waals surface area contributed by atoms with E-state index in [1.807, 2.05) is 0 Å². The van der Waals surface area contributed by atoms with Crippen LogP contribution in [0.1, 0.15) is 20.7 Å². The van der Waals surface area contributed by atoms with Crippen LogP contribution < -0.4 is 25.2 Å². The second kappa shape index (κ2) is 8.11. The first-order valence-corrected chi connectivity index (χ1v) is 7.51. The number of rotatable bonds is 5. The minimum absolute atomic E-state index is 0.0124. The van der Waals surface area contributed by atoms with Gasteiger partial charge in [-0.1, -0.05) is 6.07 Å². The van der Waals surface area contributed by atoms with Gasteiger partial charge in [0.25, 0.3) is 5.91 Å². The molecule has 0 fully saturated rings. The third-order valence-corrected chi connectivity index (χ3v) is 3.45. The minimum Gasteiger partial charge on any atom is -0.545 e. The van der Waals surface area contributed by atoms with Crippen molar-refractivity contribution in [3.8, 4) is 11.5 Å². The number of hydrogen-bond acceptors (Lipinski definition) is 6. The number of hydrogen-bond donors (Lipinski definition) is 2. The van der Waals surface area contributed by atoms with Crippen molar-refractivity contribution in [2.75, 3.05) is 19.5 Å². The highest BCUT2D eigenvalue weighted by atomic mass is 32.1. The molecule has 2 aromatic carbocycles. The quantitative estimate of drug-likeness (QED) is 0.774. The minimum atomic E-state index is -1.34. The molecule has 8 heteroatoms. The molecular formula is C17H15N2O5S-. The fourth-order valence-electron chi connectivity index (χ4n) is 2.03. The van der Waals surface area contributed by atoms with E-state index in [-0.39, 0.29) is 10.7 Å². The van der Waals surface area contributed by atoms with E-state index in [0.717, 1.165) is 0 Å². The van der Waals surface area contributed by atoms with E-state index in [2.05, 4.69) is 10.6 Å². The van der Waals surface area contributed by atoms with Crippen LogP contribution in [0.3, 0.4) is 0 Å². The third kappa shape index (κ3) is 4.67. The highest BCUT2D eigenvalue weighted by molar-refractivity contribution is 7.80. The van der Waals surface area contributed by atoms with E-state index >= 15 is 0 Å². The molecule has 0 radical (unpaired) electrons. The monoisotopic (exact) mass is 359 g/mol. The van der Waals surface area contributed by atoms with Crippen LogP contribution in [0.5, 0.6) is 11.5 Å². The summed E-state index contributed by atoms with van der Waals surface area (Å²) in [6.07, 6.45) is 0. The zero-order valence-electron chi connectivity index (χ0n) is 13.5. The van der Waals surface area contributed by atoms with Gasteiger partial charge in [0.05, 0.1) is 25.9 Å². The number of benzene rings is 2. The van der Waals surface area contributed by atoms with Crippen LogP contribution in [0.4, 0.5) is 5.69 Å². The predicted octanol–water partition coefficient (Wildman–Crippen LogP) is 1.19. The van der Waals surface area contributed by atoms with Crippen LogP contribution >= 0.6 is 12.2 Å². The van der Waals surface area contributed by atoms with E-state index in [1.165, 1.54) is 32.4 Å². The second-order valence-corrected chi connectivity index (χ2v) is 5.25. The highest BCUT2D eigenvalue weighted by Gasteiger charge is 2.11. The zero-order valence-corrected chi connectivity index (χ0v) is 14.3. The summed E-state index contributed by atoms with van der Waals surface area (Å²) in [5, 5.41) is 16.2. The lowest BCUT2D eigenvalue weighted by molar-refractivity contribution is -0.255. The van der Waals surface area contributed by atoms with Crippen molar-refractivity contribution in [1.82, 2.24) is 5.32 Å². The molecule has 0 saturated heterocycles. The summed E-state index contributed by atoms with van der Waals surface area (Å²) in [7, 11) is 2.93. The van der Waals surface area contributed by atoms with Crippen LogP contribution in [0.25, 0.3) is 0 Å². The van der Waals surface area contributed by atoms with Crippen molar-refractivity contribution >= 4 is 34.9 Å². The molecule has 0 spiro atoms. The van der Waals surface area contributed by atoms with E-state index < -0.39 is 11.9 Å². The van der Waals surface area contributed by atoms with Gasteiger partial charge in [-0.05, 0) is 54.2 Å². The van der Waals surface area contributed by atoms with E-state index in [9.17, 15) is 14.7 Å². The van der Waals surface area contributed by atoms with Gasteiger partial charge in [-0.2, -0.15) is 0 Å². The Balaban J connectivity index is 2.12. The van der Waals surface area contributed by atoms with E-state index in [0.29, 0.717) is 22.7 Å². The van der Waals surface area contributed by atoms with Gasteiger partial charge in [0.2, 0.25) is 0 Å². The van der Waals surface area contributed by atoms with E-state index in [4.69, 9.17) is 21.7 Å². The molecule has 0 aliphatic carbocycles. The SMILES string of the molecule is COc1cccc(C(=O)NC(=S)Nc2cc(C(=O)[O-])ccc2OC)c1. The number of ether oxygens (including phenoxy) is 2. The average molecular weight is 359 g/mol. The summed E-state index contributed by atoms with van der Waals surface area (Å²) in [6.45, 7) is 0.